The Hall–Kier alpha value is -3.42. The molecule has 132 valence electrons. The zero-order chi connectivity index (χ0) is 18.4. The number of aromatic carboxylic acids is 1. The number of allylic oxidation sites excluding steroid dienone is 2. The first-order valence-electron chi connectivity index (χ1n) is 8.17. The van der Waals surface area contributed by atoms with Crippen LogP contribution in [0.1, 0.15) is 46.7 Å². The Morgan fingerprint density at radius 2 is 1.77 bits per heavy atom. The number of aromatic nitrogens is 2. The molecule has 1 atom stereocenters. The third-order valence-corrected chi connectivity index (χ3v) is 4.77. The number of carboxylic acid groups (broad SMARTS) is 1. The molecular weight excluding hydrogens is 338 g/mol. The number of hydrogen-bond acceptors (Lipinski definition) is 6. The van der Waals surface area contributed by atoms with Crippen molar-refractivity contribution in [2.24, 2.45) is 0 Å². The minimum Gasteiger partial charge on any atom is -0.545 e. The molecule has 0 amide bonds. The van der Waals surface area contributed by atoms with Crippen LogP contribution in [0.25, 0.3) is 0 Å². The summed E-state index contributed by atoms with van der Waals surface area (Å²) in [6, 6.07) is 5.86. The number of carbonyl (C=O) groups excluding carboxylic acids is 2. The Labute approximate surface area is 146 Å². The highest BCUT2D eigenvalue weighted by atomic mass is 16.4. The van der Waals surface area contributed by atoms with Gasteiger partial charge in [-0.3, -0.25) is 19.6 Å². The molecule has 3 N–H and O–H groups in total. The van der Waals surface area contributed by atoms with Crippen molar-refractivity contribution in [1.29, 1.82) is 0 Å². The first-order chi connectivity index (χ1) is 12.5. The number of fused-ring (bicyclic) bond motifs is 1. The van der Waals surface area contributed by atoms with E-state index < -0.39 is 23.1 Å². The van der Waals surface area contributed by atoms with E-state index in [-0.39, 0.29) is 22.7 Å². The molecule has 1 aliphatic heterocycles. The molecule has 8 nitrogen and oxygen atoms in total. The Morgan fingerprint density at radius 1 is 1.04 bits per heavy atom. The van der Waals surface area contributed by atoms with Crippen LogP contribution in [0.3, 0.4) is 0 Å². The lowest BCUT2D eigenvalue weighted by Crippen LogP contribution is -2.36. The van der Waals surface area contributed by atoms with Gasteiger partial charge < -0.3 is 15.2 Å². The molecule has 1 aliphatic carbocycles. The van der Waals surface area contributed by atoms with E-state index in [1.54, 1.807) is 12.1 Å². The van der Waals surface area contributed by atoms with Crippen molar-refractivity contribution in [3.05, 3.63) is 73.1 Å². The van der Waals surface area contributed by atoms with Gasteiger partial charge in [-0.15, -0.1) is 0 Å². The second-order valence-corrected chi connectivity index (χ2v) is 6.33. The van der Waals surface area contributed by atoms with Gasteiger partial charge in [0.1, 0.15) is 5.82 Å². The summed E-state index contributed by atoms with van der Waals surface area (Å²) in [5, 5.41) is 14.0. The van der Waals surface area contributed by atoms with Gasteiger partial charge in [0.15, 0.2) is 5.78 Å². The number of carbonyl (C=O) groups is 2. The number of anilines is 1. The lowest BCUT2D eigenvalue weighted by atomic mass is 9.76. The average molecular weight is 352 g/mol. The first kappa shape index (κ1) is 16.1. The number of ketones is 1. The number of Topliss-reactive ketones (excluding diaryl/α,β-unsaturated/α-hetero) is 1. The van der Waals surface area contributed by atoms with Gasteiger partial charge in [-0.2, -0.15) is 0 Å². The van der Waals surface area contributed by atoms with E-state index in [0.29, 0.717) is 36.1 Å². The zero-order valence-corrected chi connectivity index (χ0v) is 13.5. The molecule has 1 aromatic carbocycles. The van der Waals surface area contributed by atoms with Crippen LogP contribution in [0.5, 0.6) is 0 Å². The minimum atomic E-state index is -1.31. The van der Waals surface area contributed by atoms with E-state index in [9.17, 15) is 24.3 Å². The van der Waals surface area contributed by atoms with Crippen LogP contribution in [0.15, 0.2) is 45.1 Å². The number of H-pyrrole nitrogens is 2. The van der Waals surface area contributed by atoms with Crippen molar-refractivity contribution in [3.8, 4) is 0 Å². The molecule has 0 unspecified atom stereocenters. The van der Waals surface area contributed by atoms with Gasteiger partial charge >= 0.3 is 5.69 Å². The smallest absolute Gasteiger partial charge is 0.327 e. The minimum absolute atomic E-state index is 0.00228. The van der Waals surface area contributed by atoms with Crippen LogP contribution in [-0.4, -0.2) is 21.7 Å². The molecular formula is C18H14N3O5-. The maximum absolute atomic E-state index is 12.6. The molecule has 0 fully saturated rings. The van der Waals surface area contributed by atoms with Gasteiger partial charge in [-0.05, 0) is 24.0 Å². The van der Waals surface area contributed by atoms with Crippen LogP contribution >= 0.6 is 0 Å². The van der Waals surface area contributed by atoms with E-state index in [0.717, 1.165) is 0 Å². The summed E-state index contributed by atoms with van der Waals surface area (Å²) in [5.74, 6) is -1.78. The summed E-state index contributed by atoms with van der Waals surface area (Å²) in [7, 11) is 0. The number of nitrogens with one attached hydrogen (secondary N) is 3. The standard InChI is InChI=1S/C18H15N3O5/c22-11-3-1-2-10-13(11)12(8-4-6-9(7-5-8)17(24)25)14-15(19-10)20-18(26)21-16(14)23/h4-7,12H,1-3H2,(H,24,25)(H3,19,20,21,23,26)/p-1/t12-/m1/s1. The highest BCUT2D eigenvalue weighted by Crippen LogP contribution is 2.42. The van der Waals surface area contributed by atoms with Crippen LogP contribution < -0.4 is 21.7 Å². The number of rotatable bonds is 2. The number of benzene rings is 1. The zero-order valence-electron chi connectivity index (χ0n) is 13.5. The fourth-order valence-electron chi connectivity index (χ4n) is 3.64. The van der Waals surface area contributed by atoms with Gasteiger partial charge in [0, 0.05) is 23.6 Å². The van der Waals surface area contributed by atoms with E-state index in [4.69, 9.17) is 0 Å². The number of aromatic amines is 2. The summed E-state index contributed by atoms with van der Waals surface area (Å²) in [5.41, 5.74) is 0.778. The molecule has 2 aliphatic rings. The summed E-state index contributed by atoms with van der Waals surface area (Å²) in [4.78, 5) is 52.5. The molecule has 0 bridgehead atoms. The second kappa shape index (κ2) is 5.83. The van der Waals surface area contributed by atoms with Crippen molar-refractivity contribution in [2.75, 3.05) is 5.32 Å². The van der Waals surface area contributed by atoms with Gasteiger partial charge in [0.25, 0.3) is 5.56 Å². The molecule has 26 heavy (non-hydrogen) atoms. The highest BCUT2D eigenvalue weighted by Gasteiger charge is 2.37. The van der Waals surface area contributed by atoms with Crippen LogP contribution in [-0.2, 0) is 4.79 Å². The summed E-state index contributed by atoms with van der Waals surface area (Å²) in [6.07, 6.45) is 1.69. The van der Waals surface area contributed by atoms with Gasteiger partial charge in [-0.1, -0.05) is 24.3 Å². The second-order valence-electron chi connectivity index (χ2n) is 6.33. The van der Waals surface area contributed by atoms with E-state index >= 15 is 0 Å². The van der Waals surface area contributed by atoms with Crippen LogP contribution in [0, 0.1) is 0 Å². The fraction of sp³-hybridized carbons (Fsp3) is 0.222. The molecule has 8 heteroatoms. The third-order valence-electron chi connectivity index (χ3n) is 4.77. The molecule has 2 heterocycles. The Kier molecular flexibility index (Phi) is 3.61. The van der Waals surface area contributed by atoms with Crippen LogP contribution in [0.4, 0.5) is 5.82 Å². The molecule has 2 aromatic rings. The molecule has 0 saturated heterocycles. The van der Waals surface area contributed by atoms with Crippen molar-refractivity contribution in [2.45, 2.75) is 25.2 Å². The van der Waals surface area contributed by atoms with Crippen molar-refractivity contribution >= 4 is 17.6 Å². The van der Waals surface area contributed by atoms with Gasteiger partial charge in [0.2, 0.25) is 0 Å². The summed E-state index contributed by atoms with van der Waals surface area (Å²) < 4.78 is 0. The normalized spacial score (nSPS) is 18.8. The Morgan fingerprint density at radius 3 is 2.46 bits per heavy atom. The molecule has 0 spiro atoms. The van der Waals surface area contributed by atoms with E-state index in [1.807, 2.05) is 0 Å². The third kappa shape index (κ3) is 2.46. The SMILES string of the molecule is O=C1CCCC2=C1[C@@H](c1ccc(C(=O)[O-])cc1)c1c([nH]c(=O)[nH]c1=O)N2. The Bertz CT molecular complexity index is 1080. The predicted octanol–water partition coefficient (Wildman–Crippen LogP) is -0.00880. The first-order valence-corrected chi connectivity index (χ1v) is 8.17. The monoisotopic (exact) mass is 352 g/mol. The van der Waals surface area contributed by atoms with Crippen LogP contribution in [0.2, 0.25) is 0 Å². The topological polar surface area (TPSA) is 135 Å². The summed E-state index contributed by atoms with van der Waals surface area (Å²) in [6.45, 7) is 0. The van der Waals surface area contributed by atoms with Crippen molar-refractivity contribution < 1.29 is 14.7 Å². The molecule has 0 saturated carbocycles. The lowest BCUT2D eigenvalue weighted by Gasteiger charge is -2.32. The van der Waals surface area contributed by atoms with E-state index in [1.165, 1.54) is 12.1 Å². The Balaban J connectivity index is 1.96. The maximum Gasteiger partial charge on any atom is 0.327 e. The predicted molar refractivity (Wildman–Crippen MR) is 89.8 cm³/mol. The van der Waals surface area contributed by atoms with Gasteiger partial charge in [-0.25, -0.2) is 4.79 Å². The molecule has 1 aromatic heterocycles. The maximum atomic E-state index is 12.6. The average Bonchev–Trinajstić information content (AvgIpc) is 2.60. The molecule has 4 rings (SSSR count). The molecule has 0 radical (unpaired) electrons. The summed E-state index contributed by atoms with van der Waals surface area (Å²) >= 11 is 0. The van der Waals surface area contributed by atoms with Crippen molar-refractivity contribution in [1.82, 2.24) is 9.97 Å². The largest absolute Gasteiger partial charge is 0.545 e. The quantitative estimate of drug-likeness (QED) is 0.696. The van der Waals surface area contributed by atoms with Gasteiger partial charge in [0.05, 0.1) is 11.5 Å². The van der Waals surface area contributed by atoms with E-state index in [2.05, 4.69) is 15.3 Å². The fourth-order valence-corrected chi connectivity index (χ4v) is 3.64. The number of hydrogen-bond donors (Lipinski definition) is 3. The van der Waals surface area contributed by atoms with Crippen molar-refractivity contribution in [3.63, 3.8) is 0 Å². The lowest BCUT2D eigenvalue weighted by molar-refractivity contribution is -0.255. The number of carboxylic acids is 1. The highest BCUT2D eigenvalue weighted by molar-refractivity contribution is 6.00.